The molecule has 1 rings (SSSR count). The molecule has 21 heavy (non-hydrogen) atoms. The molecule has 2 unspecified atom stereocenters. The average molecular weight is 297 g/mol. The van der Waals surface area contributed by atoms with E-state index >= 15 is 0 Å². The molecule has 1 saturated carbocycles. The summed E-state index contributed by atoms with van der Waals surface area (Å²) < 4.78 is 0. The Morgan fingerprint density at radius 3 is 2.19 bits per heavy atom. The molecule has 0 aromatic heterocycles. The number of carboxylic acids is 1. The molecule has 0 saturated heterocycles. The third-order valence-corrected chi connectivity index (χ3v) is 4.87. The third kappa shape index (κ3) is 5.68. The Bertz CT molecular complexity index is 346. The topological polar surface area (TPSA) is 66.4 Å². The number of carbonyl (C=O) groups excluding carboxylic acids is 1. The van der Waals surface area contributed by atoms with Crippen LogP contribution in [0.15, 0.2) is 0 Å². The van der Waals surface area contributed by atoms with Crippen molar-refractivity contribution in [1.82, 2.24) is 5.32 Å². The number of nitrogens with one attached hydrogen (secondary N) is 1. The molecule has 2 atom stereocenters. The molecule has 1 amide bonds. The van der Waals surface area contributed by atoms with Crippen LogP contribution >= 0.6 is 0 Å². The van der Waals surface area contributed by atoms with Crippen molar-refractivity contribution in [2.45, 2.75) is 84.6 Å². The van der Waals surface area contributed by atoms with Gasteiger partial charge in [0.05, 0.1) is 5.41 Å². The molecule has 0 heterocycles. The number of rotatable bonds is 7. The number of hydrogen-bond donors (Lipinski definition) is 2. The summed E-state index contributed by atoms with van der Waals surface area (Å²) in [6, 6.07) is 0.115. The second kappa shape index (κ2) is 8.40. The van der Waals surface area contributed by atoms with Gasteiger partial charge < -0.3 is 10.4 Å². The van der Waals surface area contributed by atoms with Crippen LogP contribution in [0.4, 0.5) is 0 Å². The van der Waals surface area contributed by atoms with Gasteiger partial charge in [-0.3, -0.25) is 9.59 Å². The molecule has 1 fully saturated rings. The fourth-order valence-corrected chi connectivity index (χ4v) is 3.33. The van der Waals surface area contributed by atoms with Crippen molar-refractivity contribution < 1.29 is 14.7 Å². The lowest BCUT2D eigenvalue weighted by Crippen LogP contribution is -2.40. The number of amides is 1. The lowest BCUT2D eigenvalue weighted by Gasteiger charge is -2.28. The van der Waals surface area contributed by atoms with Crippen LogP contribution in [0.2, 0.25) is 0 Å². The second-order valence-corrected chi connectivity index (χ2v) is 6.89. The van der Waals surface area contributed by atoms with Crippen molar-refractivity contribution in [3.8, 4) is 0 Å². The average Bonchev–Trinajstić information content (AvgIpc) is 2.64. The molecule has 2 N–H and O–H groups in total. The van der Waals surface area contributed by atoms with Crippen LogP contribution in [-0.2, 0) is 9.59 Å². The molecule has 0 bridgehead atoms. The molecule has 0 aromatic carbocycles. The van der Waals surface area contributed by atoms with E-state index in [1.165, 1.54) is 0 Å². The van der Waals surface area contributed by atoms with Crippen molar-refractivity contribution in [2.24, 2.45) is 11.3 Å². The Balaban J connectivity index is 2.58. The lowest BCUT2D eigenvalue weighted by molar-refractivity contribution is -0.153. The highest BCUT2D eigenvalue weighted by molar-refractivity contribution is 5.85. The van der Waals surface area contributed by atoms with Gasteiger partial charge in [-0.1, -0.05) is 46.0 Å². The first-order valence-electron chi connectivity index (χ1n) is 8.42. The van der Waals surface area contributed by atoms with E-state index in [9.17, 15) is 14.7 Å². The van der Waals surface area contributed by atoms with Gasteiger partial charge in [-0.15, -0.1) is 0 Å². The highest BCUT2D eigenvalue weighted by Gasteiger charge is 2.40. The summed E-state index contributed by atoms with van der Waals surface area (Å²) in [5, 5.41) is 12.6. The smallest absolute Gasteiger partial charge is 0.310 e. The minimum Gasteiger partial charge on any atom is -0.481 e. The normalized spacial score (nSPS) is 21.1. The van der Waals surface area contributed by atoms with E-state index in [0.717, 1.165) is 38.5 Å². The van der Waals surface area contributed by atoms with E-state index in [1.54, 1.807) is 0 Å². The first kappa shape index (κ1) is 18.0. The zero-order valence-electron chi connectivity index (χ0n) is 13.8. The summed E-state index contributed by atoms with van der Waals surface area (Å²) >= 11 is 0. The van der Waals surface area contributed by atoms with E-state index in [4.69, 9.17) is 0 Å². The third-order valence-electron chi connectivity index (χ3n) is 4.87. The van der Waals surface area contributed by atoms with Gasteiger partial charge in [-0.2, -0.15) is 0 Å². The fraction of sp³-hybridized carbons (Fsp3) is 0.882. The van der Waals surface area contributed by atoms with Crippen LogP contribution < -0.4 is 5.32 Å². The molecule has 1 aliphatic rings. The predicted octanol–water partition coefficient (Wildman–Crippen LogP) is 3.74. The van der Waals surface area contributed by atoms with Gasteiger partial charge in [0.2, 0.25) is 5.91 Å². The molecule has 0 radical (unpaired) electrons. The largest absolute Gasteiger partial charge is 0.481 e. The second-order valence-electron chi connectivity index (χ2n) is 6.89. The predicted molar refractivity (Wildman–Crippen MR) is 84.1 cm³/mol. The number of aliphatic carboxylic acids is 1. The molecular formula is C17H31NO3. The quantitative estimate of drug-likeness (QED) is 0.703. The lowest BCUT2D eigenvalue weighted by atomic mass is 9.77. The van der Waals surface area contributed by atoms with Gasteiger partial charge in [-0.25, -0.2) is 0 Å². The first-order valence-corrected chi connectivity index (χ1v) is 8.42. The van der Waals surface area contributed by atoms with E-state index in [-0.39, 0.29) is 18.4 Å². The van der Waals surface area contributed by atoms with Crippen LogP contribution in [-0.4, -0.2) is 23.0 Å². The zero-order valence-corrected chi connectivity index (χ0v) is 13.8. The van der Waals surface area contributed by atoms with Crippen LogP contribution in [0.5, 0.6) is 0 Å². The number of carbonyl (C=O) groups is 2. The molecule has 1 aliphatic carbocycles. The van der Waals surface area contributed by atoms with Gasteiger partial charge in [-0.05, 0) is 32.1 Å². The molecule has 4 nitrogen and oxygen atoms in total. The van der Waals surface area contributed by atoms with Gasteiger partial charge in [0.1, 0.15) is 0 Å². The van der Waals surface area contributed by atoms with Crippen molar-refractivity contribution in [2.75, 3.05) is 0 Å². The molecule has 0 aliphatic heterocycles. The number of carboxylic acid groups (broad SMARTS) is 1. The Labute approximate surface area is 128 Å². The molecule has 0 aromatic rings. The van der Waals surface area contributed by atoms with E-state index < -0.39 is 11.4 Å². The van der Waals surface area contributed by atoms with Crippen LogP contribution in [0.25, 0.3) is 0 Å². The monoisotopic (exact) mass is 297 g/mol. The minimum atomic E-state index is -0.837. The highest BCUT2D eigenvalue weighted by atomic mass is 16.4. The maximum Gasteiger partial charge on any atom is 0.310 e. The summed E-state index contributed by atoms with van der Waals surface area (Å²) in [6.07, 6.45) is 7.45. The van der Waals surface area contributed by atoms with Crippen molar-refractivity contribution in [3.63, 3.8) is 0 Å². The fourth-order valence-electron chi connectivity index (χ4n) is 3.33. The van der Waals surface area contributed by atoms with Crippen LogP contribution in [0.1, 0.15) is 78.6 Å². The maximum absolute atomic E-state index is 12.2. The van der Waals surface area contributed by atoms with Crippen LogP contribution in [0, 0.1) is 11.3 Å². The minimum absolute atomic E-state index is 0.102. The number of hydrogen-bond acceptors (Lipinski definition) is 2. The Kier molecular flexibility index (Phi) is 7.20. The summed E-state index contributed by atoms with van der Waals surface area (Å²) in [6.45, 7) is 6.32. The zero-order chi connectivity index (χ0) is 15.9. The maximum atomic E-state index is 12.2. The molecule has 4 heteroatoms. The van der Waals surface area contributed by atoms with Gasteiger partial charge in [0.25, 0.3) is 0 Å². The van der Waals surface area contributed by atoms with Gasteiger partial charge in [0, 0.05) is 12.5 Å². The summed E-state index contributed by atoms with van der Waals surface area (Å²) in [5.74, 6) is -0.323. The van der Waals surface area contributed by atoms with E-state index in [1.807, 2.05) is 6.92 Å². The van der Waals surface area contributed by atoms with Crippen molar-refractivity contribution in [1.29, 1.82) is 0 Å². The Morgan fingerprint density at radius 2 is 1.71 bits per heavy atom. The summed E-state index contributed by atoms with van der Waals surface area (Å²) in [4.78, 5) is 23.9. The van der Waals surface area contributed by atoms with Crippen LogP contribution in [0.3, 0.4) is 0 Å². The molecular weight excluding hydrogens is 266 g/mol. The standard InChI is InChI=1S/C17H31NO3/c1-4-13(2)11-14(3)18-15(19)12-17(16(20)21)9-7-5-6-8-10-17/h13-14H,4-12H2,1-3H3,(H,18,19)(H,20,21). The van der Waals surface area contributed by atoms with Crippen molar-refractivity contribution in [3.05, 3.63) is 0 Å². The Hall–Kier alpha value is -1.06. The summed E-state index contributed by atoms with van der Waals surface area (Å²) in [7, 11) is 0. The van der Waals surface area contributed by atoms with Gasteiger partial charge >= 0.3 is 5.97 Å². The van der Waals surface area contributed by atoms with Gasteiger partial charge in [0.15, 0.2) is 0 Å². The molecule has 0 spiro atoms. The van der Waals surface area contributed by atoms with Crippen molar-refractivity contribution >= 4 is 11.9 Å². The summed E-state index contributed by atoms with van der Waals surface area (Å²) in [5.41, 5.74) is -0.837. The SMILES string of the molecule is CCC(C)CC(C)NC(=O)CC1(C(=O)O)CCCCCC1. The first-order chi connectivity index (χ1) is 9.89. The van der Waals surface area contributed by atoms with E-state index in [2.05, 4.69) is 19.2 Å². The highest BCUT2D eigenvalue weighted by Crippen LogP contribution is 2.38. The Morgan fingerprint density at radius 1 is 1.14 bits per heavy atom. The van der Waals surface area contributed by atoms with E-state index in [0.29, 0.717) is 18.8 Å². The molecule has 122 valence electrons.